The molecule has 1 aliphatic carbocycles. The first-order valence-electron chi connectivity index (χ1n) is 6.57. The lowest BCUT2D eigenvalue weighted by molar-refractivity contribution is -0.140. The molecule has 1 fully saturated rings. The van der Waals surface area contributed by atoms with E-state index in [0.29, 0.717) is 6.61 Å². The average molecular weight is 288 g/mol. The molecule has 0 aromatic heterocycles. The van der Waals surface area contributed by atoms with Gasteiger partial charge in [-0.1, -0.05) is 12.8 Å². The number of rotatable bonds is 8. The van der Waals surface area contributed by atoms with Gasteiger partial charge in [-0.3, -0.25) is 9.59 Å². The number of urea groups is 1. The van der Waals surface area contributed by atoms with E-state index in [0.717, 1.165) is 30.6 Å². The molecule has 0 aliphatic heterocycles. The molecule has 8 heteroatoms. The van der Waals surface area contributed by atoms with Gasteiger partial charge in [0.1, 0.15) is 13.1 Å². The molecule has 2 amide bonds. The summed E-state index contributed by atoms with van der Waals surface area (Å²) in [5.41, 5.74) is 0. The zero-order valence-electron chi connectivity index (χ0n) is 11.2. The topological polar surface area (TPSA) is 116 Å². The summed E-state index contributed by atoms with van der Waals surface area (Å²) in [5, 5.41) is 19.7. The van der Waals surface area contributed by atoms with Crippen molar-refractivity contribution in [2.45, 2.75) is 31.8 Å². The minimum atomic E-state index is -1.26. The summed E-state index contributed by atoms with van der Waals surface area (Å²) in [5.74, 6) is -2.52. The van der Waals surface area contributed by atoms with Crippen LogP contribution in [0.1, 0.15) is 25.7 Å². The minimum absolute atomic E-state index is 0.227. The third-order valence-electron chi connectivity index (χ3n) is 2.97. The molecule has 0 aromatic carbocycles. The van der Waals surface area contributed by atoms with E-state index < -0.39 is 31.1 Å². The van der Waals surface area contributed by atoms with Crippen LogP contribution in [0.5, 0.6) is 0 Å². The van der Waals surface area contributed by atoms with Crippen LogP contribution in [0.2, 0.25) is 0 Å². The molecule has 3 N–H and O–H groups in total. The molecule has 0 bridgehead atoms. The highest BCUT2D eigenvalue weighted by Crippen LogP contribution is 2.20. The van der Waals surface area contributed by atoms with Crippen molar-refractivity contribution in [3.8, 4) is 0 Å². The van der Waals surface area contributed by atoms with Crippen molar-refractivity contribution in [1.82, 2.24) is 10.2 Å². The normalized spacial score (nSPS) is 15.0. The number of nitrogens with zero attached hydrogens (tertiary/aromatic N) is 1. The van der Waals surface area contributed by atoms with Crippen molar-refractivity contribution in [2.75, 3.05) is 26.2 Å². The number of hydrogen-bond donors (Lipinski definition) is 3. The van der Waals surface area contributed by atoms with Gasteiger partial charge in [-0.05, 0) is 12.8 Å². The van der Waals surface area contributed by atoms with Crippen molar-refractivity contribution in [1.29, 1.82) is 0 Å². The van der Waals surface area contributed by atoms with Gasteiger partial charge in [-0.15, -0.1) is 0 Å². The van der Waals surface area contributed by atoms with Crippen LogP contribution in [0.3, 0.4) is 0 Å². The standard InChI is InChI=1S/C12H20N2O6/c15-10(16)7-14(8-11(17)18)12(19)13-5-6-20-9-3-1-2-4-9/h9H,1-8H2,(H,13,19)(H,15,16)(H,17,18). The molecule has 8 nitrogen and oxygen atoms in total. The molecule has 0 heterocycles. The Morgan fingerprint density at radius 2 is 1.65 bits per heavy atom. The Labute approximate surface area is 116 Å². The smallest absolute Gasteiger partial charge is 0.323 e. The highest BCUT2D eigenvalue weighted by Gasteiger charge is 2.19. The van der Waals surface area contributed by atoms with Crippen LogP contribution in [0.4, 0.5) is 4.79 Å². The SMILES string of the molecule is O=C(O)CN(CC(=O)O)C(=O)NCCOC1CCCC1. The van der Waals surface area contributed by atoms with Crippen LogP contribution in [-0.2, 0) is 14.3 Å². The molecule has 0 spiro atoms. The second-order valence-electron chi connectivity index (χ2n) is 4.65. The lowest BCUT2D eigenvalue weighted by Crippen LogP contribution is -2.46. The van der Waals surface area contributed by atoms with Gasteiger partial charge in [0, 0.05) is 6.54 Å². The minimum Gasteiger partial charge on any atom is -0.480 e. The Kier molecular flexibility index (Phi) is 6.78. The van der Waals surface area contributed by atoms with Crippen LogP contribution in [0, 0.1) is 0 Å². The van der Waals surface area contributed by atoms with E-state index in [2.05, 4.69) is 5.32 Å². The Bertz CT molecular complexity index is 338. The van der Waals surface area contributed by atoms with Crippen molar-refractivity contribution >= 4 is 18.0 Å². The van der Waals surface area contributed by atoms with Crippen LogP contribution in [-0.4, -0.2) is 65.4 Å². The van der Waals surface area contributed by atoms with E-state index in [1.807, 2.05) is 0 Å². The van der Waals surface area contributed by atoms with Gasteiger partial charge in [-0.25, -0.2) is 4.79 Å². The highest BCUT2D eigenvalue weighted by atomic mass is 16.5. The van der Waals surface area contributed by atoms with Crippen LogP contribution < -0.4 is 5.32 Å². The van der Waals surface area contributed by atoms with Crippen molar-refractivity contribution < 1.29 is 29.3 Å². The van der Waals surface area contributed by atoms with Crippen LogP contribution >= 0.6 is 0 Å². The molecule has 1 aliphatic rings. The molecule has 1 rings (SSSR count). The first-order valence-corrected chi connectivity index (χ1v) is 6.57. The monoisotopic (exact) mass is 288 g/mol. The Morgan fingerprint density at radius 3 is 2.15 bits per heavy atom. The fourth-order valence-corrected chi connectivity index (χ4v) is 2.08. The van der Waals surface area contributed by atoms with Gasteiger partial charge in [0.25, 0.3) is 0 Å². The fraction of sp³-hybridized carbons (Fsp3) is 0.750. The van der Waals surface area contributed by atoms with E-state index in [1.54, 1.807) is 0 Å². The number of amides is 2. The largest absolute Gasteiger partial charge is 0.480 e. The van der Waals surface area contributed by atoms with Crippen molar-refractivity contribution in [3.05, 3.63) is 0 Å². The number of carbonyl (C=O) groups is 3. The summed E-state index contributed by atoms with van der Waals surface area (Å²) in [4.78, 5) is 33.5. The first-order chi connectivity index (χ1) is 9.49. The van der Waals surface area contributed by atoms with Gasteiger partial charge in [0.2, 0.25) is 0 Å². The summed E-state index contributed by atoms with van der Waals surface area (Å²) in [7, 11) is 0. The molecular weight excluding hydrogens is 268 g/mol. The zero-order valence-corrected chi connectivity index (χ0v) is 11.2. The van der Waals surface area contributed by atoms with Gasteiger partial charge in [0.05, 0.1) is 12.7 Å². The number of nitrogens with one attached hydrogen (secondary N) is 1. The quantitative estimate of drug-likeness (QED) is 0.546. The molecule has 0 aromatic rings. The third kappa shape index (κ3) is 6.37. The number of hydrogen-bond acceptors (Lipinski definition) is 4. The molecular formula is C12H20N2O6. The summed E-state index contributed by atoms with van der Waals surface area (Å²) < 4.78 is 5.53. The molecule has 0 radical (unpaired) electrons. The number of ether oxygens (including phenoxy) is 1. The summed E-state index contributed by atoms with van der Waals surface area (Å²) in [6, 6.07) is -0.718. The summed E-state index contributed by atoms with van der Waals surface area (Å²) in [6.45, 7) is -0.737. The van der Waals surface area contributed by atoms with Crippen molar-refractivity contribution in [2.24, 2.45) is 0 Å². The second kappa shape index (κ2) is 8.36. The number of aliphatic carboxylic acids is 2. The van der Waals surface area contributed by atoms with E-state index >= 15 is 0 Å². The maximum Gasteiger partial charge on any atom is 0.323 e. The molecule has 114 valence electrons. The van der Waals surface area contributed by atoms with E-state index in [-0.39, 0.29) is 12.6 Å². The first kappa shape index (κ1) is 16.2. The fourth-order valence-electron chi connectivity index (χ4n) is 2.08. The van der Waals surface area contributed by atoms with Crippen LogP contribution in [0.25, 0.3) is 0 Å². The molecule has 20 heavy (non-hydrogen) atoms. The number of carboxylic acids is 2. The van der Waals surface area contributed by atoms with Gasteiger partial charge in [-0.2, -0.15) is 0 Å². The second-order valence-corrected chi connectivity index (χ2v) is 4.65. The average Bonchev–Trinajstić information content (AvgIpc) is 2.85. The number of carbonyl (C=O) groups excluding carboxylic acids is 1. The Hall–Kier alpha value is -1.83. The number of carboxylic acid groups (broad SMARTS) is 2. The highest BCUT2D eigenvalue weighted by molar-refractivity contribution is 5.84. The van der Waals surface area contributed by atoms with Crippen molar-refractivity contribution in [3.63, 3.8) is 0 Å². The lowest BCUT2D eigenvalue weighted by Gasteiger charge is -2.19. The van der Waals surface area contributed by atoms with E-state index in [1.165, 1.54) is 0 Å². The van der Waals surface area contributed by atoms with Gasteiger partial charge in [0.15, 0.2) is 0 Å². The van der Waals surface area contributed by atoms with E-state index in [9.17, 15) is 14.4 Å². The summed E-state index contributed by atoms with van der Waals surface area (Å²) in [6.07, 6.45) is 4.60. The maximum absolute atomic E-state index is 11.6. The van der Waals surface area contributed by atoms with Gasteiger partial charge < -0.3 is 25.2 Å². The van der Waals surface area contributed by atoms with Crippen LogP contribution in [0.15, 0.2) is 0 Å². The maximum atomic E-state index is 11.6. The molecule has 0 unspecified atom stereocenters. The Balaban J connectivity index is 2.25. The van der Waals surface area contributed by atoms with Gasteiger partial charge >= 0.3 is 18.0 Å². The summed E-state index contributed by atoms with van der Waals surface area (Å²) >= 11 is 0. The van der Waals surface area contributed by atoms with E-state index in [4.69, 9.17) is 14.9 Å². The third-order valence-corrected chi connectivity index (χ3v) is 2.97. The molecule has 0 saturated heterocycles. The lowest BCUT2D eigenvalue weighted by atomic mass is 10.3. The molecule has 1 saturated carbocycles. The zero-order chi connectivity index (χ0) is 15.0. The predicted octanol–water partition coefficient (Wildman–Crippen LogP) is 0.126. The Morgan fingerprint density at radius 1 is 1.10 bits per heavy atom. The molecule has 0 atom stereocenters. The predicted molar refractivity (Wildman–Crippen MR) is 68.5 cm³/mol.